The highest BCUT2D eigenvalue weighted by molar-refractivity contribution is 7.99. The number of rotatable bonds is 4. The minimum Gasteiger partial charge on any atom is -0.437 e. The van der Waals surface area contributed by atoms with Crippen molar-refractivity contribution in [3.8, 4) is 0 Å². The normalized spacial score (nSPS) is 17.5. The van der Waals surface area contributed by atoms with Crippen LogP contribution in [0.4, 0.5) is 0 Å². The van der Waals surface area contributed by atoms with E-state index in [4.69, 9.17) is 13.9 Å². The molecule has 2 heterocycles. The van der Waals surface area contributed by atoms with Gasteiger partial charge >= 0.3 is 0 Å². The Hall–Kier alpha value is -0.520. The summed E-state index contributed by atoms with van der Waals surface area (Å²) in [7, 11) is 0. The molecule has 0 amide bonds. The Balaban J connectivity index is 1.73. The molecule has 1 saturated heterocycles. The molecular formula is C10H15NO3S. The second-order valence-corrected chi connectivity index (χ2v) is 4.48. The molecule has 0 N–H and O–H groups in total. The van der Waals surface area contributed by atoms with Crippen LogP contribution in [0.25, 0.3) is 0 Å². The van der Waals surface area contributed by atoms with Crippen LogP contribution >= 0.6 is 11.8 Å². The molecule has 2 rings (SSSR count). The third kappa shape index (κ3) is 2.96. The van der Waals surface area contributed by atoms with Crippen LogP contribution in [0.1, 0.15) is 17.9 Å². The molecule has 1 fully saturated rings. The lowest BCUT2D eigenvalue weighted by atomic mass is 10.4. The summed E-state index contributed by atoms with van der Waals surface area (Å²) in [4.78, 5) is 4.29. The van der Waals surface area contributed by atoms with E-state index in [2.05, 4.69) is 4.98 Å². The van der Waals surface area contributed by atoms with Crippen LogP contribution < -0.4 is 0 Å². The Bertz CT molecular complexity index is 301. The molecule has 0 radical (unpaired) electrons. The van der Waals surface area contributed by atoms with E-state index >= 15 is 0 Å². The van der Waals surface area contributed by atoms with Gasteiger partial charge in [-0.1, -0.05) is 11.8 Å². The van der Waals surface area contributed by atoms with Crippen molar-refractivity contribution in [2.75, 3.05) is 19.0 Å². The van der Waals surface area contributed by atoms with E-state index in [9.17, 15) is 0 Å². The molecule has 0 aliphatic carbocycles. The van der Waals surface area contributed by atoms with E-state index in [1.807, 2.05) is 13.8 Å². The number of ether oxygens (including phenoxy) is 2. The Labute approximate surface area is 93.3 Å². The fraction of sp³-hybridized carbons (Fsp3) is 0.700. The zero-order valence-corrected chi connectivity index (χ0v) is 9.80. The van der Waals surface area contributed by atoms with Crippen LogP contribution in [0.3, 0.4) is 0 Å². The standard InChI is InChI=1S/C10H15NO3S/c1-7-8(2)14-10(11-7)15-6-3-9-12-4-5-13-9/h9H,3-6H2,1-2H3. The predicted octanol–water partition coefficient (Wildman–Crippen LogP) is 2.15. The van der Waals surface area contributed by atoms with Crippen molar-refractivity contribution in [2.45, 2.75) is 31.8 Å². The number of aromatic nitrogens is 1. The van der Waals surface area contributed by atoms with Gasteiger partial charge in [0.1, 0.15) is 5.76 Å². The van der Waals surface area contributed by atoms with E-state index in [0.717, 1.165) is 28.9 Å². The van der Waals surface area contributed by atoms with Gasteiger partial charge in [-0.15, -0.1) is 0 Å². The maximum atomic E-state index is 5.45. The number of oxazole rings is 1. The van der Waals surface area contributed by atoms with Gasteiger partial charge in [-0.25, -0.2) is 4.98 Å². The van der Waals surface area contributed by atoms with Gasteiger partial charge in [-0.2, -0.15) is 0 Å². The fourth-order valence-electron chi connectivity index (χ4n) is 1.32. The number of hydrogen-bond donors (Lipinski definition) is 0. The summed E-state index contributed by atoms with van der Waals surface area (Å²) >= 11 is 1.60. The zero-order valence-electron chi connectivity index (χ0n) is 8.99. The average molecular weight is 229 g/mol. The summed E-state index contributed by atoms with van der Waals surface area (Å²) < 4.78 is 16.1. The van der Waals surface area contributed by atoms with Crippen LogP contribution in [0, 0.1) is 13.8 Å². The van der Waals surface area contributed by atoms with Crippen molar-refractivity contribution in [2.24, 2.45) is 0 Å². The van der Waals surface area contributed by atoms with E-state index in [0.29, 0.717) is 13.2 Å². The molecule has 0 aromatic carbocycles. The second-order valence-electron chi connectivity index (χ2n) is 3.43. The van der Waals surface area contributed by atoms with Gasteiger partial charge in [-0.05, 0) is 13.8 Å². The first-order valence-corrected chi connectivity index (χ1v) is 6.04. The fourth-order valence-corrected chi connectivity index (χ4v) is 2.19. The summed E-state index contributed by atoms with van der Waals surface area (Å²) in [5.41, 5.74) is 0.964. The van der Waals surface area contributed by atoms with Gasteiger partial charge in [0.05, 0.1) is 18.9 Å². The lowest BCUT2D eigenvalue weighted by Crippen LogP contribution is -2.08. The Kier molecular flexibility index (Phi) is 3.66. The molecule has 1 aliphatic heterocycles. The van der Waals surface area contributed by atoms with Crippen LogP contribution in [0.5, 0.6) is 0 Å². The smallest absolute Gasteiger partial charge is 0.256 e. The molecule has 5 heteroatoms. The first kappa shape index (κ1) is 11.0. The largest absolute Gasteiger partial charge is 0.437 e. The molecule has 4 nitrogen and oxygen atoms in total. The van der Waals surface area contributed by atoms with Crippen LogP contribution in [0.15, 0.2) is 9.64 Å². The average Bonchev–Trinajstić information content (AvgIpc) is 2.79. The van der Waals surface area contributed by atoms with Crippen molar-refractivity contribution < 1.29 is 13.9 Å². The molecule has 1 aliphatic rings. The van der Waals surface area contributed by atoms with E-state index < -0.39 is 0 Å². The minimum absolute atomic E-state index is 0.0327. The van der Waals surface area contributed by atoms with Crippen molar-refractivity contribution in [3.63, 3.8) is 0 Å². The highest BCUT2D eigenvalue weighted by Gasteiger charge is 2.16. The number of thioether (sulfide) groups is 1. The van der Waals surface area contributed by atoms with E-state index in [1.165, 1.54) is 0 Å². The summed E-state index contributed by atoms with van der Waals surface area (Å²) in [5, 5.41) is 0.739. The van der Waals surface area contributed by atoms with Gasteiger partial charge in [0.25, 0.3) is 5.22 Å². The van der Waals surface area contributed by atoms with Crippen molar-refractivity contribution >= 4 is 11.8 Å². The number of hydrogen-bond acceptors (Lipinski definition) is 5. The molecule has 0 bridgehead atoms. The highest BCUT2D eigenvalue weighted by Crippen LogP contribution is 2.22. The topological polar surface area (TPSA) is 44.5 Å². The molecule has 0 atom stereocenters. The van der Waals surface area contributed by atoms with Crippen molar-refractivity contribution in [1.29, 1.82) is 0 Å². The molecule has 0 saturated carbocycles. The number of aryl methyl sites for hydroxylation is 2. The SMILES string of the molecule is Cc1nc(SCCC2OCCO2)oc1C. The molecule has 15 heavy (non-hydrogen) atoms. The zero-order chi connectivity index (χ0) is 10.7. The highest BCUT2D eigenvalue weighted by atomic mass is 32.2. The van der Waals surface area contributed by atoms with E-state index in [-0.39, 0.29) is 6.29 Å². The van der Waals surface area contributed by atoms with Crippen LogP contribution in [0.2, 0.25) is 0 Å². The molecule has 0 unspecified atom stereocenters. The summed E-state index contributed by atoms with van der Waals surface area (Å²) in [5.74, 6) is 1.80. The van der Waals surface area contributed by atoms with Crippen LogP contribution in [-0.4, -0.2) is 30.2 Å². The van der Waals surface area contributed by atoms with Gasteiger partial charge in [0, 0.05) is 12.2 Å². The van der Waals surface area contributed by atoms with Crippen molar-refractivity contribution in [1.82, 2.24) is 4.98 Å². The number of nitrogens with zero attached hydrogens (tertiary/aromatic N) is 1. The lowest BCUT2D eigenvalue weighted by Gasteiger charge is -2.06. The molecule has 0 spiro atoms. The lowest BCUT2D eigenvalue weighted by molar-refractivity contribution is -0.0421. The minimum atomic E-state index is -0.0327. The molecule has 1 aromatic heterocycles. The van der Waals surface area contributed by atoms with Gasteiger partial charge in [0.2, 0.25) is 0 Å². The van der Waals surface area contributed by atoms with Gasteiger partial charge < -0.3 is 13.9 Å². The molecular weight excluding hydrogens is 214 g/mol. The van der Waals surface area contributed by atoms with E-state index in [1.54, 1.807) is 11.8 Å². The third-order valence-electron chi connectivity index (χ3n) is 2.28. The van der Waals surface area contributed by atoms with Crippen LogP contribution in [-0.2, 0) is 9.47 Å². The quantitative estimate of drug-likeness (QED) is 0.740. The van der Waals surface area contributed by atoms with Gasteiger partial charge in [-0.3, -0.25) is 0 Å². The Morgan fingerprint density at radius 2 is 2.07 bits per heavy atom. The molecule has 1 aromatic rings. The maximum Gasteiger partial charge on any atom is 0.256 e. The first-order valence-electron chi connectivity index (χ1n) is 5.06. The monoisotopic (exact) mass is 229 g/mol. The van der Waals surface area contributed by atoms with Crippen molar-refractivity contribution in [3.05, 3.63) is 11.5 Å². The Morgan fingerprint density at radius 3 is 2.67 bits per heavy atom. The molecule has 84 valence electrons. The summed E-state index contributed by atoms with van der Waals surface area (Å²) in [6.45, 7) is 5.31. The summed E-state index contributed by atoms with van der Waals surface area (Å²) in [6, 6.07) is 0. The Morgan fingerprint density at radius 1 is 1.33 bits per heavy atom. The third-order valence-corrected chi connectivity index (χ3v) is 3.14. The van der Waals surface area contributed by atoms with Gasteiger partial charge in [0.15, 0.2) is 6.29 Å². The second kappa shape index (κ2) is 5.01. The summed E-state index contributed by atoms with van der Waals surface area (Å²) in [6.07, 6.45) is 0.847. The predicted molar refractivity (Wildman–Crippen MR) is 57.0 cm³/mol. The maximum absolute atomic E-state index is 5.45. The first-order chi connectivity index (χ1) is 7.25.